The molecule has 0 saturated heterocycles. The van der Waals surface area contributed by atoms with Crippen LogP contribution in [0.3, 0.4) is 0 Å². The fourth-order valence-electron chi connectivity index (χ4n) is 14.5. The normalized spacial score (nSPS) is 11.5. The molecule has 0 saturated carbocycles. The van der Waals surface area contributed by atoms with Crippen LogP contribution in [0.4, 0.5) is 0 Å². The van der Waals surface area contributed by atoms with Crippen molar-refractivity contribution in [1.82, 2.24) is 49.8 Å². The predicted molar refractivity (Wildman–Crippen MR) is 443 cm³/mol. The molecule has 0 radical (unpaired) electrons. The van der Waals surface area contributed by atoms with Gasteiger partial charge in [-0.2, -0.15) is 0 Å². The summed E-state index contributed by atoms with van der Waals surface area (Å²) in [4.78, 5) is 49.2. The summed E-state index contributed by atoms with van der Waals surface area (Å²) in [6.07, 6.45) is 3.70. The van der Waals surface area contributed by atoms with Gasteiger partial charge in [0.25, 0.3) is 0 Å². The third-order valence-corrected chi connectivity index (χ3v) is 20.2. The molecule has 0 fully saturated rings. The molecule has 0 unspecified atom stereocenters. The van der Waals surface area contributed by atoms with E-state index in [0.29, 0.717) is 34.9 Å². The smallest absolute Gasteiger partial charge is 0.164 e. The van der Waals surface area contributed by atoms with Crippen molar-refractivity contribution in [2.24, 2.45) is 0 Å². The largest absolute Gasteiger partial charge is 0.456 e. The van der Waals surface area contributed by atoms with Gasteiger partial charge in [0.2, 0.25) is 0 Å². The predicted octanol–water partition coefficient (Wildman–Crippen LogP) is 24.6. The van der Waals surface area contributed by atoms with Gasteiger partial charge in [0.15, 0.2) is 40.5 Å². The van der Waals surface area contributed by atoms with Crippen molar-refractivity contribution in [1.29, 1.82) is 0 Å². The monoisotopic (exact) mass is 1410 g/mol. The maximum atomic E-state index is 6.24. The van der Waals surface area contributed by atoms with Crippen molar-refractivity contribution >= 4 is 76.8 Å². The summed E-state index contributed by atoms with van der Waals surface area (Å²) in [7, 11) is 0. The van der Waals surface area contributed by atoms with Crippen LogP contribution >= 0.6 is 0 Å². The van der Waals surface area contributed by atoms with E-state index >= 15 is 0 Å². The lowest BCUT2D eigenvalue weighted by Crippen LogP contribution is -2.00. The maximum Gasteiger partial charge on any atom is 0.164 e. The van der Waals surface area contributed by atoms with Crippen LogP contribution in [0, 0.1) is 0 Å². The van der Waals surface area contributed by atoms with Crippen molar-refractivity contribution in [3.63, 3.8) is 0 Å². The lowest BCUT2D eigenvalue weighted by Gasteiger charge is -2.10. The zero-order valence-corrected chi connectivity index (χ0v) is 58.9. The fraction of sp³-hybridized carbons (Fsp3) is 0. The van der Waals surface area contributed by atoms with E-state index in [1.54, 1.807) is 0 Å². The van der Waals surface area contributed by atoms with Crippen molar-refractivity contribution in [2.45, 2.75) is 0 Å². The summed E-state index contributed by atoms with van der Waals surface area (Å²) in [6.45, 7) is 0. The number of nitrogens with zero attached hydrogens (tertiary/aromatic N) is 10. The summed E-state index contributed by atoms with van der Waals surface area (Å²) >= 11 is 0. The molecule has 514 valence electrons. The first-order valence-electron chi connectivity index (χ1n) is 36.4. The molecule has 7 aromatic heterocycles. The number of aromatic nitrogens is 10. The van der Waals surface area contributed by atoms with Gasteiger partial charge in [-0.3, -0.25) is 9.97 Å². The van der Waals surface area contributed by atoms with E-state index in [1.165, 1.54) is 11.1 Å². The van der Waals surface area contributed by atoms with E-state index in [4.69, 9.17) is 53.7 Å². The highest BCUT2D eigenvalue weighted by Gasteiger charge is 2.19. The Morgan fingerprint density at radius 1 is 0.182 bits per heavy atom. The summed E-state index contributed by atoms with van der Waals surface area (Å²) < 4.78 is 12.4. The molecule has 12 heteroatoms. The third kappa shape index (κ3) is 12.5. The topological polar surface area (TPSA) is 155 Å². The third-order valence-electron chi connectivity index (χ3n) is 20.2. The first kappa shape index (κ1) is 64.5. The standard InChI is InChI=1S/C51H31N5O.C47H29N5O/c1-3-10-32(11-4-1)33-20-26-38(27-21-33)50-54-49(37-12-5-2-6-13-37)55-51(56-50)39-28-22-35(23-29-39)34-18-24-36(25-19-34)40-15-9-16-43-48(40)53-44-30-42-41-14-7-8-17-46(41)57-47(42)31-45(44)52-43;1-3-9-30(10-4-1)31-17-23-36(24-18-31)46-50-45(35-11-5-2-6-12-35)51-47(52-46)37-25-19-33(20-26-37)32-15-21-34(22-16-32)42-27-39-40-28-48-41-14-8-7-13-38(41)44(40)53-43(39)29-49-42/h1-31H;1-29H. The summed E-state index contributed by atoms with van der Waals surface area (Å²) in [5.41, 5.74) is 26.2. The molecule has 0 aliphatic carbocycles. The molecular weight excluding hydrogens is 1350 g/mol. The number of furan rings is 2. The number of hydrogen-bond acceptors (Lipinski definition) is 12. The number of hydrogen-bond donors (Lipinski definition) is 0. The average molecular weight is 1410 g/mol. The minimum absolute atomic E-state index is 0.624. The fourth-order valence-corrected chi connectivity index (χ4v) is 14.5. The minimum atomic E-state index is 0.624. The van der Waals surface area contributed by atoms with Gasteiger partial charge in [-0.15, -0.1) is 0 Å². The molecule has 0 atom stereocenters. The first-order valence-corrected chi connectivity index (χ1v) is 36.4. The van der Waals surface area contributed by atoms with Gasteiger partial charge in [0.05, 0.1) is 39.5 Å². The Hall–Kier alpha value is -15.1. The SMILES string of the molecule is c1ccc(-c2ccc(-c3nc(-c4ccccc4)nc(-c4ccc(-c5ccc(-c6cc7c(cn6)oc6c8ccccc8ncc76)cc5)cc4)n3)cc2)cc1.c1ccc(-c2ccc(-c3nc(-c4ccccc4)nc(-c4ccc(-c5ccc(-c6cccc7nc8cc9oc%10ccccc%10c9cc8nc67)cc5)cc4)n3)cc2)cc1. The molecule has 0 spiro atoms. The molecule has 0 N–H and O–H groups in total. The van der Waals surface area contributed by atoms with E-state index in [9.17, 15) is 0 Å². The Labute approximate surface area is 631 Å². The number of para-hydroxylation sites is 3. The Balaban J connectivity index is 0.000000144. The quantitative estimate of drug-likeness (QED) is 0.107. The van der Waals surface area contributed by atoms with Crippen LogP contribution in [0.5, 0.6) is 0 Å². The molecule has 21 aromatic rings. The molecule has 110 heavy (non-hydrogen) atoms. The van der Waals surface area contributed by atoms with E-state index < -0.39 is 0 Å². The van der Waals surface area contributed by atoms with Gasteiger partial charge in [0, 0.05) is 83.7 Å². The summed E-state index contributed by atoms with van der Waals surface area (Å²) in [5, 5.41) is 5.11. The Kier molecular flexibility index (Phi) is 16.2. The highest BCUT2D eigenvalue weighted by atomic mass is 16.3. The summed E-state index contributed by atoms with van der Waals surface area (Å²) in [5.74, 6) is 3.79. The van der Waals surface area contributed by atoms with Gasteiger partial charge in [-0.25, -0.2) is 39.9 Å². The van der Waals surface area contributed by atoms with Crippen LogP contribution in [0.15, 0.2) is 373 Å². The zero-order valence-electron chi connectivity index (χ0n) is 58.9. The highest BCUT2D eigenvalue weighted by molar-refractivity contribution is 6.14. The summed E-state index contributed by atoms with van der Waals surface area (Å²) in [6, 6.07) is 120. The van der Waals surface area contributed by atoms with Crippen LogP contribution in [0.2, 0.25) is 0 Å². The molecule has 14 aromatic carbocycles. The molecule has 0 bridgehead atoms. The second kappa shape index (κ2) is 27.7. The lowest BCUT2D eigenvalue weighted by atomic mass is 9.98. The Morgan fingerprint density at radius 3 is 1.03 bits per heavy atom. The van der Waals surface area contributed by atoms with Crippen molar-refractivity contribution in [3.05, 3.63) is 364 Å². The van der Waals surface area contributed by atoms with Crippen LogP contribution in [-0.4, -0.2) is 49.8 Å². The lowest BCUT2D eigenvalue weighted by molar-refractivity contribution is 0.669. The van der Waals surface area contributed by atoms with E-state index in [2.05, 4.69) is 223 Å². The van der Waals surface area contributed by atoms with Crippen LogP contribution < -0.4 is 0 Å². The molecule has 0 aliphatic heterocycles. The minimum Gasteiger partial charge on any atom is -0.456 e. The highest BCUT2D eigenvalue weighted by Crippen LogP contribution is 2.39. The van der Waals surface area contributed by atoms with E-state index in [0.717, 1.165) is 166 Å². The van der Waals surface area contributed by atoms with Crippen LogP contribution in [0.25, 0.3) is 212 Å². The van der Waals surface area contributed by atoms with Crippen LogP contribution in [0.1, 0.15) is 0 Å². The van der Waals surface area contributed by atoms with Crippen molar-refractivity contribution in [3.8, 4) is 135 Å². The van der Waals surface area contributed by atoms with Crippen LogP contribution in [-0.2, 0) is 0 Å². The molecule has 0 aliphatic rings. The van der Waals surface area contributed by atoms with Crippen molar-refractivity contribution in [2.75, 3.05) is 0 Å². The molecular formula is C98H60N10O2. The molecule has 12 nitrogen and oxygen atoms in total. The second-order valence-corrected chi connectivity index (χ2v) is 27.1. The molecule has 21 rings (SSSR count). The number of fused-ring (bicyclic) bond motifs is 10. The average Bonchev–Trinajstić information content (AvgIpc) is 1.73. The van der Waals surface area contributed by atoms with Gasteiger partial charge < -0.3 is 8.83 Å². The number of benzene rings is 14. The second-order valence-electron chi connectivity index (χ2n) is 27.1. The number of pyridine rings is 2. The van der Waals surface area contributed by atoms with Gasteiger partial charge in [0.1, 0.15) is 16.7 Å². The van der Waals surface area contributed by atoms with Gasteiger partial charge in [-0.05, 0) is 86.5 Å². The Morgan fingerprint density at radius 2 is 0.545 bits per heavy atom. The van der Waals surface area contributed by atoms with Crippen molar-refractivity contribution < 1.29 is 8.83 Å². The number of rotatable bonds is 12. The molecule has 0 amide bonds. The first-order chi connectivity index (χ1) is 54.4. The molecule has 7 heterocycles. The van der Waals surface area contributed by atoms with E-state index in [1.807, 2.05) is 146 Å². The van der Waals surface area contributed by atoms with Gasteiger partial charge >= 0.3 is 0 Å². The van der Waals surface area contributed by atoms with E-state index in [-0.39, 0.29) is 0 Å². The zero-order chi connectivity index (χ0) is 72.9. The van der Waals surface area contributed by atoms with Gasteiger partial charge in [-0.1, -0.05) is 309 Å². The Bertz CT molecular complexity index is 7010. The maximum absolute atomic E-state index is 6.24.